The molecule has 1 saturated heterocycles. The van der Waals surface area contributed by atoms with Gasteiger partial charge in [-0.05, 0) is 20.3 Å². The molecule has 1 aromatic heterocycles. The number of amides is 1. The van der Waals surface area contributed by atoms with Crippen molar-refractivity contribution in [3.8, 4) is 0 Å². The molecule has 1 unspecified atom stereocenters. The molecule has 1 amide bonds. The molecule has 0 spiro atoms. The first-order valence-corrected chi connectivity index (χ1v) is 7.65. The van der Waals surface area contributed by atoms with Crippen molar-refractivity contribution < 1.29 is 9.32 Å². The van der Waals surface area contributed by atoms with E-state index in [2.05, 4.69) is 17.0 Å². The van der Waals surface area contributed by atoms with Gasteiger partial charge in [-0.3, -0.25) is 9.69 Å². The molecule has 2 heterocycles. The van der Waals surface area contributed by atoms with Gasteiger partial charge < -0.3 is 15.2 Å². The van der Waals surface area contributed by atoms with E-state index in [0.717, 1.165) is 57.0 Å². The average molecular weight is 294 g/mol. The van der Waals surface area contributed by atoms with E-state index in [-0.39, 0.29) is 5.91 Å². The summed E-state index contributed by atoms with van der Waals surface area (Å²) in [5, 5.41) is 3.90. The SMILES string of the molecule is CCCC(C)(N)C(=O)N1CCN(Cc2cc(C)no2)CC1. The van der Waals surface area contributed by atoms with Gasteiger partial charge in [0.25, 0.3) is 0 Å². The van der Waals surface area contributed by atoms with Crippen LogP contribution in [-0.4, -0.2) is 52.6 Å². The fourth-order valence-electron chi connectivity index (χ4n) is 2.81. The number of carbonyl (C=O) groups excluding carboxylic acids is 1. The summed E-state index contributed by atoms with van der Waals surface area (Å²) < 4.78 is 5.24. The normalized spacial score (nSPS) is 19.5. The number of carbonyl (C=O) groups is 1. The van der Waals surface area contributed by atoms with Crippen LogP contribution in [0, 0.1) is 6.92 Å². The van der Waals surface area contributed by atoms with E-state index in [1.165, 1.54) is 0 Å². The van der Waals surface area contributed by atoms with E-state index in [0.29, 0.717) is 0 Å². The van der Waals surface area contributed by atoms with Crippen LogP contribution < -0.4 is 5.73 Å². The van der Waals surface area contributed by atoms with Crippen molar-refractivity contribution in [1.82, 2.24) is 15.0 Å². The zero-order chi connectivity index (χ0) is 15.5. The Labute approximate surface area is 126 Å². The summed E-state index contributed by atoms with van der Waals surface area (Å²) in [7, 11) is 0. The van der Waals surface area contributed by atoms with E-state index in [9.17, 15) is 4.79 Å². The van der Waals surface area contributed by atoms with Gasteiger partial charge in [-0.25, -0.2) is 0 Å². The molecule has 118 valence electrons. The molecular formula is C15H26N4O2. The van der Waals surface area contributed by atoms with Gasteiger partial charge in [-0.2, -0.15) is 0 Å². The minimum atomic E-state index is -0.737. The van der Waals surface area contributed by atoms with Crippen LogP contribution in [0.15, 0.2) is 10.6 Å². The molecule has 6 nitrogen and oxygen atoms in total. The summed E-state index contributed by atoms with van der Waals surface area (Å²) in [5.41, 5.74) is 6.30. The Morgan fingerprint density at radius 3 is 2.62 bits per heavy atom. The zero-order valence-electron chi connectivity index (χ0n) is 13.3. The van der Waals surface area contributed by atoms with Crippen LogP contribution in [0.5, 0.6) is 0 Å². The van der Waals surface area contributed by atoms with Crippen LogP contribution in [-0.2, 0) is 11.3 Å². The Hall–Kier alpha value is -1.40. The van der Waals surface area contributed by atoms with Crippen molar-refractivity contribution in [2.45, 2.75) is 45.7 Å². The van der Waals surface area contributed by atoms with Gasteiger partial charge in [-0.1, -0.05) is 18.5 Å². The molecule has 2 N–H and O–H groups in total. The molecule has 0 radical (unpaired) electrons. The van der Waals surface area contributed by atoms with E-state index in [1.807, 2.05) is 24.8 Å². The summed E-state index contributed by atoms with van der Waals surface area (Å²) in [5.74, 6) is 0.946. The van der Waals surface area contributed by atoms with Gasteiger partial charge in [0.1, 0.15) is 0 Å². The van der Waals surface area contributed by atoms with Crippen molar-refractivity contribution in [3.05, 3.63) is 17.5 Å². The number of nitrogens with zero attached hydrogens (tertiary/aromatic N) is 3. The van der Waals surface area contributed by atoms with E-state index >= 15 is 0 Å². The molecule has 1 atom stereocenters. The molecule has 1 aromatic rings. The number of aromatic nitrogens is 1. The maximum Gasteiger partial charge on any atom is 0.242 e. The molecule has 0 saturated carbocycles. The summed E-state index contributed by atoms with van der Waals surface area (Å²) in [6.45, 7) is 9.68. The second-order valence-corrected chi connectivity index (χ2v) is 6.17. The number of nitrogens with two attached hydrogens (primary N) is 1. The third kappa shape index (κ3) is 4.04. The lowest BCUT2D eigenvalue weighted by Gasteiger charge is -2.38. The molecule has 0 aromatic carbocycles. The highest BCUT2D eigenvalue weighted by molar-refractivity contribution is 5.85. The highest BCUT2D eigenvalue weighted by Gasteiger charge is 2.33. The third-order valence-corrected chi connectivity index (χ3v) is 3.97. The molecule has 1 fully saturated rings. The Bertz CT molecular complexity index is 476. The van der Waals surface area contributed by atoms with Crippen molar-refractivity contribution >= 4 is 5.91 Å². The van der Waals surface area contributed by atoms with Gasteiger partial charge in [0.2, 0.25) is 5.91 Å². The third-order valence-electron chi connectivity index (χ3n) is 3.97. The Balaban J connectivity index is 1.84. The van der Waals surface area contributed by atoms with Gasteiger partial charge in [0.05, 0.1) is 17.8 Å². The van der Waals surface area contributed by atoms with Crippen molar-refractivity contribution in [3.63, 3.8) is 0 Å². The monoisotopic (exact) mass is 294 g/mol. The predicted molar refractivity (Wildman–Crippen MR) is 80.6 cm³/mol. The van der Waals surface area contributed by atoms with Crippen LogP contribution in [0.1, 0.15) is 38.1 Å². The Morgan fingerprint density at radius 1 is 1.43 bits per heavy atom. The second-order valence-electron chi connectivity index (χ2n) is 6.17. The molecule has 21 heavy (non-hydrogen) atoms. The topological polar surface area (TPSA) is 75.6 Å². The van der Waals surface area contributed by atoms with E-state index in [1.54, 1.807) is 0 Å². The first-order chi connectivity index (χ1) is 9.92. The number of piperazine rings is 1. The largest absolute Gasteiger partial charge is 0.360 e. The smallest absolute Gasteiger partial charge is 0.242 e. The van der Waals surface area contributed by atoms with Crippen LogP contribution >= 0.6 is 0 Å². The van der Waals surface area contributed by atoms with Crippen molar-refractivity contribution in [1.29, 1.82) is 0 Å². The zero-order valence-corrected chi connectivity index (χ0v) is 13.3. The second kappa shape index (κ2) is 6.58. The fourth-order valence-corrected chi connectivity index (χ4v) is 2.81. The van der Waals surface area contributed by atoms with Crippen molar-refractivity contribution in [2.24, 2.45) is 5.73 Å². The Kier molecular flexibility index (Phi) is 5.00. The number of hydrogen-bond acceptors (Lipinski definition) is 5. The molecule has 0 aliphatic carbocycles. The molecule has 2 rings (SSSR count). The number of hydrogen-bond donors (Lipinski definition) is 1. The molecule has 1 aliphatic heterocycles. The Morgan fingerprint density at radius 2 is 2.10 bits per heavy atom. The number of rotatable bonds is 5. The summed E-state index contributed by atoms with van der Waals surface area (Å²) in [6, 6.07) is 1.95. The standard InChI is InChI=1S/C15H26N4O2/c1-4-5-15(3,16)14(20)19-8-6-18(7-9-19)11-13-10-12(2)17-21-13/h10H,4-9,11,16H2,1-3H3. The van der Waals surface area contributed by atoms with Gasteiger partial charge >= 0.3 is 0 Å². The van der Waals surface area contributed by atoms with Crippen LogP contribution in [0.25, 0.3) is 0 Å². The first-order valence-electron chi connectivity index (χ1n) is 7.65. The lowest BCUT2D eigenvalue weighted by Crippen LogP contribution is -2.58. The van der Waals surface area contributed by atoms with Crippen LogP contribution in [0.4, 0.5) is 0 Å². The highest BCUT2D eigenvalue weighted by Crippen LogP contribution is 2.16. The lowest BCUT2D eigenvalue weighted by atomic mass is 9.95. The maximum atomic E-state index is 12.4. The average Bonchev–Trinajstić information content (AvgIpc) is 2.84. The van der Waals surface area contributed by atoms with E-state index < -0.39 is 5.54 Å². The minimum absolute atomic E-state index is 0.0690. The van der Waals surface area contributed by atoms with Gasteiger partial charge in [-0.15, -0.1) is 0 Å². The van der Waals surface area contributed by atoms with Gasteiger partial charge in [0, 0.05) is 32.2 Å². The van der Waals surface area contributed by atoms with E-state index in [4.69, 9.17) is 10.3 Å². The maximum absolute atomic E-state index is 12.4. The molecule has 0 bridgehead atoms. The van der Waals surface area contributed by atoms with Crippen LogP contribution in [0.3, 0.4) is 0 Å². The summed E-state index contributed by atoms with van der Waals surface area (Å²) in [6.07, 6.45) is 1.65. The molecular weight excluding hydrogens is 268 g/mol. The number of aryl methyl sites for hydroxylation is 1. The minimum Gasteiger partial charge on any atom is -0.360 e. The van der Waals surface area contributed by atoms with Crippen molar-refractivity contribution in [2.75, 3.05) is 26.2 Å². The predicted octanol–water partition coefficient (Wildman–Crippen LogP) is 1.14. The molecule has 1 aliphatic rings. The van der Waals surface area contributed by atoms with Crippen LogP contribution in [0.2, 0.25) is 0 Å². The summed E-state index contributed by atoms with van der Waals surface area (Å²) in [4.78, 5) is 16.6. The quantitative estimate of drug-likeness (QED) is 0.881. The first kappa shape index (κ1) is 16.0. The fraction of sp³-hybridized carbons (Fsp3) is 0.733. The molecule has 6 heteroatoms. The van der Waals surface area contributed by atoms with Gasteiger partial charge in [0.15, 0.2) is 5.76 Å². The highest BCUT2D eigenvalue weighted by atomic mass is 16.5. The lowest BCUT2D eigenvalue weighted by molar-refractivity contribution is -0.138. The summed E-state index contributed by atoms with van der Waals surface area (Å²) >= 11 is 0.